The summed E-state index contributed by atoms with van der Waals surface area (Å²) < 4.78 is 30.4. The van der Waals surface area contributed by atoms with Gasteiger partial charge in [0.15, 0.2) is 0 Å². The summed E-state index contributed by atoms with van der Waals surface area (Å²) in [6.07, 6.45) is 4.04. The van der Waals surface area contributed by atoms with Gasteiger partial charge in [-0.3, -0.25) is 4.68 Å². The number of hydrogen-bond acceptors (Lipinski definition) is 4. The van der Waals surface area contributed by atoms with E-state index in [2.05, 4.69) is 5.10 Å². The van der Waals surface area contributed by atoms with Crippen LogP contribution in [0.2, 0.25) is 0 Å². The molecule has 7 heteroatoms. The molecular weight excluding hydrogens is 384 g/mol. The molecular formula is C22H24N4O2S. The predicted octanol–water partition coefficient (Wildman–Crippen LogP) is 4.20. The molecule has 6 nitrogen and oxygen atoms in total. The average molecular weight is 409 g/mol. The smallest absolute Gasteiger partial charge is 0.269 e. The van der Waals surface area contributed by atoms with Gasteiger partial charge in [-0.05, 0) is 69.2 Å². The summed E-state index contributed by atoms with van der Waals surface area (Å²) in [5, 5.41) is 4.28. The Bertz CT molecular complexity index is 1270. The highest BCUT2D eigenvalue weighted by atomic mass is 32.2. The van der Waals surface area contributed by atoms with Crippen LogP contribution < -0.4 is 0 Å². The molecule has 1 atom stereocenters. The van der Waals surface area contributed by atoms with Gasteiger partial charge < -0.3 is 0 Å². The first kappa shape index (κ1) is 19.4. The normalized spacial score (nSPS) is 13.1. The molecule has 0 amide bonds. The lowest BCUT2D eigenvalue weighted by Crippen LogP contribution is -2.19. The zero-order valence-corrected chi connectivity index (χ0v) is 17.8. The second-order valence-electron chi connectivity index (χ2n) is 7.57. The van der Waals surface area contributed by atoms with Gasteiger partial charge in [-0.25, -0.2) is 17.4 Å². The second-order valence-corrected chi connectivity index (χ2v) is 9.36. The fourth-order valence-corrected chi connectivity index (χ4v) is 4.96. The van der Waals surface area contributed by atoms with Gasteiger partial charge in [0.1, 0.15) is 5.82 Å². The topological polar surface area (TPSA) is 69.8 Å². The molecule has 0 aliphatic heterocycles. The number of rotatable bonds is 5. The minimum absolute atomic E-state index is 0.0315. The van der Waals surface area contributed by atoms with E-state index in [0.29, 0.717) is 23.3 Å². The van der Waals surface area contributed by atoms with E-state index in [9.17, 15) is 8.42 Å². The zero-order chi connectivity index (χ0) is 20.8. The lowest BCUT2D eigenvalue weighted by molar-refractivity contribution is 0.477. The molecule has 29 heavy (non-hydrogen) atoms. The van der Waals surface area contributed by atoms with Gasteiger partial charge >= 0.3 is 0 Å². The monoisotopic (exact) mass is 408 g/mol. The fourth-order valence-electron chi connectivity index (χ4n) is 3.47. The molecule has 0 bridgehead atoms. The van der Waals surface area contributed by atoms with Crippen LogP contribution in [0, 0.1) is 20.8 Å². The van der Waals surface area contributed by atoms with Crippen molar-refractivity contribution in [3.8, 4) is 0 Å². The Morgan fingerprint density at radius 1 is 1.03 bits per heavy atom. The number of nitrogens with zero attached hydrogens (tertiary/aromatic N) is 4. The van der Waals surface area contributed by atoms with Gasteiger partial charge in [0, 0.05) is 18.8 Å². The maximum atomic E-state index is 13.6. The van der Waals surface area contributed by atoms with E-state index in [1.54, 1.807) is 18.3 Å². The molecule has 0 aliphatic carbocycles. The van der Waals surface area contributed by atoms with Gasteiger partial charge in [-0.1, -0.05) is 17.7 Å². The van der Waals surface area contributed by atoms with Gasteiger partial charge in [0.2, 0.25) is 0 Å². The predicted molar refractivity (Wildman–Crippen MR) is 114 cm³/mol. The summed E-state index contributed by atoms with van der Waals surface area (Å²) in [6, 6.07) is 12.6. The molecule has 4 aromatic rings. The molecule has 2 aromatic carbocycles. The Morgan fingerprint density at radius 2 is 1.72 bits per heavy atom. The Labute approximate surface area is 170 Å². The van der Waals surface area contributed by atoms with E-state index in [1.165, 1.54) is 3.97 Å². The maximum Gasteiger partial charge on any atom is 0.269 e. The number of hydrogen-bond donors (Lipinski definition) is 0. The minimum atomic E-state index is -3.79. The van der Waals surface area contributed by atoms with Crippen LogP contribution in [0.5, 0.6) is 0 Å². The van der Waals surface area contributed by atoms with Crippen LogP contribution in [-0.2, 0) is 16.4 Å². The number of fused-ring (bicyclic) bond motifs is 1. The Kier molecular flexibility index (Phi) is 4.78. The summed E-state index contributed by atoms with van der Waals surface area (Å²) in [7, 11) is -3.79. The third-order valence-corrected chi connectivity index (χ3v) is 7.06. The number of benzene rings is 2. The largest absolute Gasteiger partial charge is 0.270 e. The van der Waals surface area contributed by atoms with E-state index < -0.39 is 10.0 Å². The Morgan fingerprint density at radius 3 is 2.38 bits per heavy atom. The standard InChI is InChI=1S/C22H24N4O2S/c1-15-6-8-19(9-7-15)29(27,28)26-21-13-17(3)16(2)12-20(21)24-22(26)14-18(4)25-11-5-10-23-25/h5-13,18H,14H2,1-4H3/t18-/m0/s1. The van der Waals surface area contributed by atoms with Crippen molar-refractivity contribution in [2.45, 2.75) is 45.1 Å². The van der Waals surface area contributed by atoms with Crippen LogP contribution in [0.4, 0.5) is 0 Å². The molecule has 0 spiro atoms. The van der Waals surface area contributed by atoms with E-state index in [1.807, 2.05) is 68.9 Å². The van der Waals surface area contributed by atoms with Crippen LogP contribution in [0.25, 0.3) is 11.0 Å². The van der Waals surface area contributed by atoms with Gasteiger partial charge in [-0.2, -0.15) is 5.10 Å². The SMILES string of the molecule is Cc1ccc(S(=O)(=O)n2c(C[C@H](C)n3cccn3)nc3cc(C)c(C)cc32)cc1. The van der Waals surface area contributed by atoms with Crippen molar-refractivity contribution in [2.24, 2.45) is 0 Å². The van der Waals surface area contributed by atoms with E-state index in [-0.39, 0.29) is 10.9 Å². The first-order valence-corrected chi connectivity index (χ1v) is 11.0. The Balaban J connectivity index is 1.92. The lowest BCUT2D eigenvalue weighted by atomic mass is 10.1. The number of imidazole rings is 1. The molecule has 0 aliphatic rings. The first-order valence-electron chi connectivity index (χ1n) is 9.57. The fraction of sp³-hybridized carbons (Fsp3) is 0.273. The molecule has 0 unspecified atom stereocenters. The van der Waals surface area contributed by atoms with E-state index >= 15 is 0 Å². The summed E-state index contributed by atoms with van der Waals surface area (Å²) in [5.41, 5.74) is 4.42. The molecule has 0 saturated heterocycles. The van der Waals surface area contributed by atoms with E-state index in [4.69, 9.17) is 4.98 Å². The molecule has 0 N–H and O–H groups in total. The van der Waals surface area contributed by atoms with Crippen molar-refractivity contribution in [1.29, 1.82) is 0 Å². The summed E-state index contributed by atoms with van der Waals surface area (Å²) >= 11 is 0. The van der Waals surface area contributed by atoms with Crippen molar-refractivity contribution in [1.82, 2.24) is 18.7 Å². The first-order chi connectivity index (χ1) is 13.8. The molecule has 0 radical (unpaired) electrons. The number of aryl methyl sites for hydroxylation is 3. The van der Waals surface area contributed by atoms with Crippen molar-refractivity contribution in [2.75, 3.05) is 0 Å². The lowest BCUT2D eigenvalue weighted by Gasteiger charge is -2.15. The molecule has 2 heterocycles. The second kappa shape index (κ2) is 7.15. The van der Waals surface area contributed by atoms with Gasteiger partial charge in [-0.15, -0.1) is 0 Å². The van der Waals surface area contributed by atoms with Crippen LogP contribution >= 0.6 is 0 Å². The van der Waals surface area contributed by atoms with E-state index in [0.717, 1.165) is 16.7 Å². The summed E-state index contributed by atoms with van der Waals surface area (Å²) in [4.78, 5) is 4.97. The van der Waals surface area contributed by atoms with Crippen LogP contribution in [0.1, 0.15) is 35.5 Å². The molecule has 0 fully saturated rings. The molecule has 4 rings (SSSR count). The quantitative estimate of drug-likeness (QED) is 0.496. The zero-order valence-electron chi connectivity index (χ0n) is 17.0. The highest BCUT2D eigenvalue weighted by Crippen LogP contribution is 2.28. The van der Waals surface area contributed by atoms with Gasteiger partial charge in [0.05, 0.1) is 22.0 Å². The van der Waals surface area contributed by atoms with Crippen LogP contribution in [-0.4, -0.2) is 27.2 Å². The van der Waals surface area contributed by atoms with Crippen molar-refractivity contribution in [3.63, 3.8) is 0 Å². The number of aromatic nitrogens is 4. The molecule has 150 valence electrons. The third-order valence-electron chi connectivity index (χ3n) is 5.31. The van der Waals surface area contributed by atoms with Crippen LogP contribution in [0.3, 0.4) is 0 Å². The van der Waals surface area contributed by atoms with Crippen molar-refractivity contribution in [3.05, 3.63) is 77.4 Å². The molecule has 2 aromatic heterocycles. The third kappa shape index (κ3) is 3.46. The van der Waals surface area contributed by atoms with Gasteiger partial charge in [0.25, 0.3) is 10.0 Å². The minimum Gasteiger partial charge on any atom is -0.270 e. The summed E-state index contributed by atoms with van der Waals surface area (Å²) in [6.45, 7) is 7.93. The highest BCUT2D eigenvalue weighted by Gasteiger charge is 2.26. The maximum absolute atomic E-state index is 13.6. The average Bonchev–Trinajstić information content (AvgIpc) is 3.31. The summed E-state index contributed by atoms with van der Waals surface area (Å²) in [5.74, 6) is 0.508. The Hall–Kier alpha value is -2.93. The van der Waals surface area contributed by atoms with Crippen molar-refractivity contribution < 1.29 is 8.42 Å². The highest BCUT2D eigenvalue weighted by molar-refractivity contribution is 7.90. The van der Waals surface area contributed by atoms with Crippen LogP contribution in [0.15, 0.2) is 59.8 Å². The van der Waals surface area contributed by atoms with Crippen molar-refractivity contribution >= 4 is 21.1 Å². The molecule has 0 saturated carbocycles.